The molecular weight excluding hydrogens is 719 g/mol. The molecule has 5 heterocycles. The quantitative estimate of drug-likeness (QED) is 0.192. The summed E-state index contributed by atoms with van der Waals surface area (Å²) in [4.78, 5) is 37.6. The number of fused-ring (bicyclic) bond motifs is 20. The number of hydrogen-bond acceptors (Lipinski definition) is 6. The summed E-state index contributed by atoms with van der Waals surface area (Å²) in [5.41, 5.74) is 6.61. The number of nitrogens with zero attached hydrogens (tertiary/aromatic N) is 6. The van der Waals surface area contributed by atoms with Gasteiger partial charge < -0.3 is 0 Å². The zero-order chi connectivity index (χ0) is 30.1. The average Bonchev–Trinajstić information content (AvgIpc) is 3.79. The van der Waals surface area contributed by atoms with Gasteiger partial charge in [-0.25, -0.2) is 0 Å². The topological polar surface area (TPSA) is 109 Å². The monoisotopic (exact) mass is 745 g/mol. The molecule has 0 radical (unpaired) electrons. The Kier molecular flexibility index (Phi) is 6.28. The van der Waals surface area contributed by atoms with Crippen LogP contribution < -0.4 is 1.78 Å². The average molecular weight is 746 g/mol. The van der Waals surface area contributed by atoms with Crippen molar-refractivity contribution in [3.05, 3.63) is 91.0 Å². The molecule has 0 saturated carbocycles. The van der Waals surface area contributed by atoms with Crippen LogP contribution in [0.3, 0.4) is 0 Å². The van der Waals surface area contributed by atoms with Gasteiger partial charge in [0.15, 0.2) is 0 Å². The second-order valence-electron chi connectivity index (χ2n) is 11.4. The molecular formula is C36H26LuN8. The summed E-state index contributed by atoms with van der Waals surface area (Å²) >= 11 is 0.490. The Bertz CT molecular complexity index is 2490. The van der Waals surface area contributed by atoms with Crippen LogP contribution in [0.25, 0.3) is 89.7 Å². The molecule has 2 N–H and O–H groups in total. The van der Waals surface area contributed by atoms with Crippen LogP contribution in [0.4, 0.5) is 0 Å². The molecule has 3 aromatic heterocycles. The van der Waals surface area contributed by atoms with Gasteiger partial charge in [0.05, 0.1) is 0 Å². The van der Waals surface area contributed by atoms with Gasteiger partial charge in [0.1, 0.15) is 0 Å². The van der Waals surface area contributed by atoms with Crippen LogP contribution in [0.5, 0.6) is 0 Å². The second-order valence-corrected chi connectivity index (χ2v) is 13.6. The Morgan fingerprint density at radius 3 is 1.42 bits per heavy atom. The summed E-state index contributed by atoms with van der Waals surface area (Å²) in [6.45, 7) is 4.53. The molecule has 0 amide bonds. The van der Waals surface area contributed by atoms with Crippen LogP contribution in [0, 0.1) is 39.0 Å². The van der Waals surface area contributed by atoms with Crippen molar-refractivity contribution in [2.75, 3.05) is 0 Å². The number of nitrogens with one attached hydrogen (secondary N) is 2. The summed E-state index contributed by atoms with van der Waals surface area (Å²) < 4.78 is 2.39. The number of hydrogen-bond donors (Lipinski definition) is 2. The van der Waals surface area contributed by atoms with Crippen molar-refractivity contribution in [2.24, 2.45) is 5.92 Å². The minimum atomic E-state index is 0.490. The van der Waals surface area contributed by atoms with Crippen molar-refractivity contribution in [2.45, 2.75) is 16.5 Å². The number of H-pyrrole nitrogens is 2. The van der Waals surface area contributed by atoms with E-state index in [9.17, 15) is 0 Å². The number of aromatic amines is 2. The maximum absolute atomic E-state index is 5.21. The molecule has 2 aliphatic heterocycles. The summed E-state index contributed by atoms with van der Waals surface area (Å²) in [6, 6.07) is 30.8. The van der Waals surface area contributed by atoms with E-state index in [0.29, 0.717) is 73.6 Å². The van der Waals surface area contributed by atoms with E-state index < -0.39 is 0 Å². The number of rotatable bonds is 3. The molecule has 0 aliphatic carbocycles. The molecule has 8 nitrogen and oxygen atoms in total. The standard InChI is InChI=1S/C32H17N8.C4H9.Lu/c1-2-10-18-17(9-1)25-33-26(18)38-28-21-13-5-6-14-22(21)30(35-28)40-32-24-16-8-7-15-23(24)31(36-32)39-29-20-12-4-3-11-19(20)27(34-29)37-25;1-4(2)3;/h1-15H,(H2,33,34,35,36,37,38,39,40);4H,1H2,2-3H3;. The van der Waals surface area contributed by atoms with Gasteiger partial charge in [-0.2, -0.15) is 0 Å². The zero-order valence-electron chi connectivity index (χ0n) is 24.4. The van der Waals surface area contributed by atoms with Crippen molar-refractivity contribution in [1.29, 1.82) is 0 Å². The van der Waals surface area contributed by atoms with Gasteiger partial charge in [0, 0.05) is 0 Å². The van der Waals surface area contributed by atoms with Gasteiger partial charge in [-0.05, 0) is 0 Å². The fourth-order valence-corrected chi connectivity index (χ4v) is 7.95. The molecule has 9 heteroatoms. The Labute approximate surface area is 275 Å². The Balaban J connectivity index is 1.47. The maximum atomic E-state index is 5.21. The van der Waals surface area contributed by atoms with Crippen molar-refractivity contribution in [3.8, 4) is 45.6 Å². The van der Waals surface area contributed by atoms with Gasteiger partial charge in [0.25, 0.3) is 0 Å². The Morgan fingerprint density at radius 1 is 0.489 bits per heavy atom. The molecule has 4 aromatic carbocycles. The van der Waals surface area contributed by atoms with Gasteiger partial charge in [-0.15, -0.1) is 0 Å². The molecule has 225 valence electrons. The first-order valence-corrected chi connectivity index (χ1v) is 16.8. The third kappa shape index (κ3) is 4.46. The van der Waals surface area contributed by atoms with Crippen LogP contribution >= 0.6 is 0 Å². The third-order valence-electron chi connectivity index (χ3n) is 7.84. The van der Waals surface area contributed by atoms with E-state index in [4.69, 9.17) is 29.9 Å². The van der Waals surface area contributed by atoms with Crippen LogP contribution in [0.1, 0.15) is 13.8 Å². The van der Waals surface area contributed by atoms with Crippen LogP contribution in [-0.4, -0.2) is 39.9 Å². The zero-order valence-corrected chi connectivity index (χ0v) is 26.0. The first-order chi connectivity index (χ1) is 22.1. The molecule has 0 spiro atoms. The SMILES string of the molecule is CC(C)[CH2][Lu][c]1cccc2c3nc4nc(nc5[nH]c(nc6nc(nc([nH]3)c12)-c1ccccc1-6)c1ccccc51)-c1ccccc1-4. The molecule has 2 aliphatic rings. The Hall–Kier alpha value is -4.53. The van der Waals surface area contributed by atoms with E-state index in [1.165, 1.54) is 1.78 Å². The molecule has 8 bridgehead atoms. The molecule has 7 aromatic rings. The van der Waals surface area contributed by atoms with E-state index >= 15 is 0 Å². The molecule has 9 rings (SSSR count). The van der Waals surface area contributed by atoms with E-state index in [2.05, 4.69) is 72.3 Å². The van der Waals surface area contributed by atoms with Crippen molar-refractivity contribution in [3.63, 3.8) is 0 Å². The van der Waals surface area contributed by atoms with Gasteiger partial charge in [-0.3, -0.25) is 0 Å². The van der Waals surface area contributed by atoms with Gasteiger partial charge in [0.2, 0.25) is 0 Å². The van der Waals surface area contributed by atoms with Crippen molar-refractivity contribution >= 4 is 45.9 Å². The summed E-state index contributed by atoms with van der Waals surface area (Å²) in [7, 11) is 0. The van der Waals surface area contributed by atoms with Crippen LogP contribution in [0.15, 0.2) is 91.0 Å². The van der Waals surface area contributed by atoms with E-state index in [1.807, 2.05) is 42.5 Å². The van der Waals surface area contributed by atoms with E-state index in [-0.39, 0.29) is 0 Å². The Morgan fingerprint density at radius 2 is 0.911 bits per heavy atom. The van der Waals surface area contributed by atoms with Gasteiger partial charge in [-0.1, -0.05) is 6.07 Å². The molecule has 45 heavy (non-hydrogen) atoms. The fourth-order valence-electron chi connectivity index (χ4n) is 5.84. The number of aromatic nitrogens is 8. The minimum absolute atomic E-state index is 0.490. The number of benzene rings is 4. The first-order valence-electron chi connectivity index (χ1n) is 14.8. The third-order valence-corrected chi connectivity index (χ3v) is 10.9. The summed E-state index contributed by atoms with van der Waals surface area (Å²) in [6.07, 6.45) is 0. The first kappa shape index (κ1) is 26.8. The molecule has 0 unspecified atom stereocenters. The van der Waals surface area contributed by atoms with Crippen LogP contribution in [0.2, 0.25) is 2.64 Å². The van der Waals surface area contributed by atoms with E-state index in [1.54, 1.807) is 0 Å². The van der Waals surface area contributed by atoms with E-state index in [0.717, 1.165) is 57.7 Å². The van der Waals surface area contributed by atoms with Gasteiger partial charge >= 0.3 is 272 Å². The van der Waals surface area contributed by atoms with Crippen LogP contribution in [-0.2, 0) is 0 Å². The van der Waals surface area contributed by atoms with Crippen molar-refractivity contribution in [1.82, 2.24) is 39.9 Å². The molecule has 0 atom stereocenters. The second kappa shape index (κ2) is 10.5. The fraction of sp³-hybridized carbons (Fsp3) is 0.111. The van der Waals surface area contributed by atoms with Crippen molar-refractivity contribution < 1.29 is 33.0 Å². The predicted molar refractivity (Wildman–Crippen MR) is 175 cm³/mol. The summed E-state index contributed by atoms with van der Waals surface area (Å²) in [5, 5.41) is 4.02. The molecule has 0 saturated heterocycles. The normalized spacial score (nSPS) is 12.2. The predicted octanol–water partition coefficient (Wildman–Crippen LogP) is 7.65. The molecule has 0 fully saturated rings. The summed E-state index contributed by atoms with van der Waals surface area (Å²) in [5.74, 6) is 3.05.